The Kier molecular flexibility index (Phi) is 6.99. The van der Waals surface area contributed by atoms with E-state index in [1.807, 2.05) is 66.9 Å². The SMILES string of the molecule is Cc1ccc(-c2csc(NC(=O)C(C)n3c(N)nnc3SCc3ccccc3)c2C(N)=O)cc1. The van der Waals surface area contributed by atoms with E-state index in [4.69, 9.17) is 11.5 Å². The molecule has 4 aromatic rings. The number of anilines is 2. The van der Waals surface area contributed by atoms with Gasteiger partial charge in [0.2, 0.25) is 11.9 Å². The smallest absolute Gasteiger partial charge is 0.252 e. The van der Waals surface area contributed by atoms with Crippen molar-refractivity contribution in [2.24, 2.45) is 5.73 Å². The van der Waals surface area contributed by atoms with Crippen molar-refractivity contribution >= 4 is 45.9 Å². The fourth-order valence-electron chi connectivity index (χ4n) is 3.45. The van der Waals surface area contributed by atoms with Gasteiger partial charge in [0.05, 0.1) is 5.56 Å². The Morgan fingerprint density at radius 3 is 2.50 bits per heavy atom. The summed E-state index contributed by atoms with van der Waals surface area (Å²) >= 11 is 2.69. The lowest BCUT2D eigenvalue weighted by Crippen LogP contribution is -2.26. The Morgan fingerprint density at radius 1 is 1.12 bits per heavy atom. The quantitative estimate of drug-likeness (QED) is 0.311. The Labute approximate surface area is 205 Å². The number of nitrogens with two attached hydrogens (primary N) is 2. The number of aromatic nitrogens is 3. The molecule has 8 nitrogen and oxygen atoms in total. The van der Waals surface area contributed by atoms with E-state index in [0.29, 0.717) is 21.5 Å². The van der Waals surface area contributed by atoms with Gasteiger partial charge in [-0.2, -0.15) is 0 Å². The average molecular weight is 493 g/mol. The van der Waals surface area contributed by atoms with E-state index in [2.05, 4.69) is 15.5 Å². The lowest BCUT2D eigenvalue weighted by molar-refractivity contribution is -0.118. The summed E-state index contributed by atoms with van der Waals surface area (Å²) in [5, 5.41) is 13.7. The molecule has 2 aromatic heterocycles. The van der Waals surface area contributed by atoms with Gasteiger partial charge >= 0.3 is 0 Å². The number of nitrogens with zero attached hydrogens (tertiary/aromatic N) is 3. The Hall–Kier alpha value is -3.63. The number of carbonyl (C=O) groups excluding carboxylic acids is 2. The molecule has 0 aliphatic carbocycles. The number of benzene rings is 2. The highest BCUT2D eigenvalue weighted by Crippen LogP contribution is 2.36. The number of thiophene rings is 1. The zero-order valence-electron chi connectivity index (χ0n) is 18.7. The summed E-state index contributed by atoms with van der Waals surface area (Å²) in [6.07, 6.45) is 0. The van der Waals surface area contributed by atoms with Gasteiger partial charge in [0.1, 0.15) is 11.0 Å². The fourth-order valence-corrected chi connectivity index (χ4v) is 5.40. The third kappa shape index (κ3) is 4.97. The summed E-state index contributed by atoms with van der Waals surface area (Å²) in [5.41, 5.74) is 15.8. The molecule has 0 saturated carbocycles. The average Bonchev–Trinajstić information content (AvgIpc) is 3.41. The van der Waals surface area contributed by atoms with E-state index in [1.165, 1.54) is 23.1 Å². The normalized spacial score (nSPS) is 11.8. The van der Waals surface area contributed by atoms with Gasteiger partial charge < -0.3 is 16.8 Å². The van der Waals surface area contributed by atoms with Crippen LogP contribution in [0.5, 0.6) is 0 Å². The van der Waals surface area contributed by atoms with Crippen molar-refractivity contribution in [2.45, 2.75) is 30.8 Å². The van der Waals surface area contributed by atoms with Crippen LogP contribution in [0.15, 0.2) is 65.1 Å². The van der Waals surface area contributed by atoms with Crippen molar-refractivity contribution in [3.63, 3.8) is 0 Å². The first-order valence-corrected chi connectivity index (χ1v) is 12.4. The summed E-state index contributed by atoms with van der Waals surface area (Å²) in [5.74, 6) is -0.167. The second kappa shape index (κ2) is 10.1. The van der Waals surface area contributed by atoms with Crippen LogP contribution in [-0.2, 0) is 10.5 Å². The summed E-state index contributed by atoms with van der Waals surface area (Å²) in [4.78, 5) is 25.4. The Morgan fingerprint density at radius 2 is 1.82 bits per heavy atom. The number of carbonyl (C=O) groups is 2. The largest absolute Gasteiger partial charge is 0.368 e. The third-order valence-electron chi connectivity index (χ3n) is 5.31. The van der Waals surface area contributed by atoms with Crippen molar-refractivity contribution in [1.82, 2.24) is 14.8 Å². The van der Waals surface area contributed by atoms with Crippen LogP contribution in [-0.4, -0.2) is 26.6 Å². The predicted molar refractivity (Wildman–Crippen MR) is 137 cm³/mol. The van der Waals surface area contributed by atoms with Gasteiger partial charge in [-0.1, -0.05) is 71.9 Å². The van der Waals surface area contributed by atoms with E-state index in [0.717, 1.165) is 16.7 Å². The van der Waals surface area contributed by atoms with Gasteiger partial charge in [0, 0.05) is 16.7 Å². The predicted octanol–water partition coefficient (Wildman–Crippen LogP) is 4.49. The minimum Gasteiger partial charge on any atom is -0.368 e. The molecule has 0 bridgehead atoms. The molecule has 1 unspecified atom stereocenters. The molecule has 0 aliphatic rings. The number of rotatable bonds is 8. The van der Waals surface area contributed by atoms with E-state index < -0.39 is 11.9 Å². The standard InChI is InChI=1S/C24H24N6O2S2/c1-14-8-10-17(11-9-14)18-13-33-22(19(18)20(25)31)27-21(32)15(2)30-23(26)28-29-24(30)34-12-16-6-4-3-5-7-16/h3-11,13,15H,12H2,1-2H3,(H2,25,31)(H2,26,28)(H,27,32). The minimum absolute atomic E-state index is 0.139. The van der Waals surface area contributed by atoms with Gasteiger partial charge in [-0.05, 0) is 25.0 Å². The minimum atomic E-state index is -0.709. The molecule has 0 aliphatic heterocycles. The maximum Gasteiger partial charge on any atom is 0.252 e. The molecule has 5 N–H and O–H groups in total. The first kappa shape index (κ1) is 23.5. The number of hydrogen-bond donors (Lipinski definition) is 3. The van der Waals surface area contributed by atoms with Crippen LogP contribution in [0.1, 0.15) is 34.5 Å². The van der Waals surface area contributed by atoms with Gasteiger partial charge in [0.15, 0.2) is 5.16 Å². The second-order valence-electron chi connectivity index (χ2n) is 7.73. The summed E-state index contributed by atoms with van der Waals surface area (Å²) in [6, 6.07) is 17.0. The Balaban J connectivity index is 1.55. The molecule has 10 heteroatoms. The number of nitrogen functional groups attached to an aromatic ring is 1. The third-order valence-corrected chi connectivity index (χ3v) is 7.21. The zero-order chi connectivity index (χ0) is 24.2. The van der Waals surface area contributed by atoms with Crippen LogP contribution in [0.4, 0.5) is 10.9 Å². The molecule has 174 valence electrons. The van der Waals surface area contributed by atoms with Crippen molar-refractivity contribution in [3.8, 4) is 11.1 Å². The lowest BCUT2D eigenvalue weighted by atomic mass is 10.0. The van der Waals surface area contributed by atoms with Gasteiger partial charge in [-0.25, -0.2) is 0 Å². The maximum atomic E-state index is 13.2. The molecule has 0 radical (unpaired) electrons. The summed E-state index contributed by atoms with van der Waals surface area (Å²) < 4.78 is 1.58. The van der Waals surface area contributed by atoms with Crippen molar-refractivity contribution < 1.29 is 9.59 Å². The van der Waals surface area contributed by atoms with Crippen molar-refractivity contribution in [3.05, 3.63) is 76.7 Å². The number of aryl methyl sites for hydroxylation is 1. The molecule has 2 aromatic carbocycles. The number of primary amides is 1. The fraction of sp³-hybridized carbons (Fsp3) is 0.167. The van der Waals surface area contributed by atoms with Gasteiger partial charge in [-0.3, -0.25) is 14.2 Å². The molecular formula is C24H24N6O2S2. The van der Waals surface area contributed by atoms with Crippen LogP contribution < -0.4 is 16.8 Å². The molecule has 0 saturated heterocycles. The first-order chi connectivity index (χ1) is 16.3. The zero-order valence-corrected chi connectivity index (χ0v) is 20.3. The number of thioether (sulfide) groups is 1. The first-order valence-electron chi connectivity index (χ1n) is 10.5. The lowest BCUT2D eigenvalue weighted by Gasteiger charge is -2.16. The van der Waals surface area contributed by atoms with Crippen LogP contribution >= 0.6 is 23.1 Å². The number of nitrogens with one attached hydrogen (secondary N) is 1. The summed E-state index contributed by atoms with van der Waals surface area (Å²) in [6.45, 7) is 3.70. The van der Waals surface area contributed by atoms with Gasteiger partial charge in [-0.15, -0.1) is 21.5 Å². The molecule has 2 heterocycles. The Bertz CT molecular complexity index is 1320. The van der Waals surface area contributed by atoms with Crippen LogP contribution in [0.2, 0.25) is 0 Å². The van der Waals surface area contributed by atoms with Crippen LogP contribution in [0.3, 0.4) is 0 Å². The molecule has 0 fully saturated rings. The van der Waals surface area contributed by atoms with Crippen molar-refractivity contribution in [1.29, 1.82) is 0 Å². The maximum absolute atomic E-state index is 13.2. The van der Waals surface area contributed by atoms with Crippen LogP contribution in [0, 0.1) is 6.92 Å². The number of amides is 2. The topological polar surface area (TPSA) is 129 Å². The highest BCUT2D eigenvalue weighted by atomic mass is 32.2. The molecule has 34 heavy (non-hydrogen) atoms. The van der Waals surface area contributed by atoms with E-state index in [9.17, 15) is 9.59 Å². The van der Waals surface area contributed by atoms with Crippen molar-refractivity contribution in [2.75, 3.05) is 11.1 Å². The van der Waals surface area contributed by atoms with Crippen LogP contribution in [0.25, 0.3) is 11.1 Å². The second-order valence-corrected chi connectivity index (χ2v) is 9.56. The highest BCUT2D eigenvalue weighted by Gasteiger charge is 2.25. The van der Waals surface area contributed by atoms with Gasteiger partial charge in [0.25, 0.3) is 5.91 Å². The molecule has 0 spiro atoms. The molecule has 2 amide bonds. The summed E-state index contributed by atoms with van der Waals surface area (Å²) in [7, 11) is 0. The monoisotopic (exact) mass is 492 g/mol. The van der Waals surface area contributed by atoms with E-state index in [-0.39, 0.29) is 17.4 Å². The molecular weight excluding hydrogens is 468 g/mol. The highest BCUT2D eigenvalue weighted by molar-refractivity contribution is 7.98. The van der Waals surface area contributed by atoms with E-state index in [1.54, 1.807) is 11.5 Å². The molecule has 4 rings (SSSR count). The number of hydrogen-bond acceptors (Lipinski definition) is 7. The molecule has 1 atom stereocenters. The van der Waals surface area contributed by atoms with E-state index >= 15 is 0 Å².